The van der Waals surface area contributed by atoms with Crippen LogP contribution in [0.15, 0.2) is 24.4 Å². The van der Waals surface area contributed by atoms with Gasteiger partial charge in [0.1, 0.15) is 17.2 Å². The smallest absolute Gasteiger partial charge is 0.408 e. The number of anilines is 1. The Hall–Kier alpha value is -3.52. The van der Waals surface area contributed by atoms with E-state index in [4.69, 9.17) is 9.47 Å². The van der Waals surface area contributed by atoms with Crippen LogP contribution in [0.1, 0.15) is 32.1 Å². The number of pyridine rings is 1. The van der Waals surface area contributed by atoms with Crippen LogP contribution in [0.25, 0.3) is 0 Å². The minimum atomic E-state index is -4.10. The van der Waals surface area contributed by atoms with Crippen LogP contribution in [0.3, 0.4) is 0 Å². The summed E-state index contributed by atoms with van der Waals surface area (Å²) in [5.41, 5.74) is -0.620. The monoisotopic (exact) mass is 513 g/mol. The van der Waals surface area contributed by atoms with E-state index in [1.807, 2.05) is 4.72 Å². The van der Waals surface area contributed by atoms with Gasteiger partial charge in [-0.2, -0.15) is 12.7 Å². The van der Waals surface area contributed by atoms with Gasteiger partial charge >= 0.3 is 22.4 Å². The van der Waals surface area contributed by atoms with Crippen LogP contribution in [0.4, 0.5) is 24.1 Å². The van der Waals surface area contributed by atoms with Crippen molar-refractivity contribution in [2.75, 3.05) is 31.9 Å². The number of carbonyl (C=O) groups is 2. The lowest BCUT2D eigenvalue weighted by Gasteiger charge is -2.33. The summed E-state index contributed by atoms with van der Waals surface area (Å²) in [6, 6.07) is 2.70. The van der Waals surface area contributed by atoms with Crippen molar-refractivity contribution in [1.29, 1.82) is 0 Å². The maximum Gasteiger partial charge on any atom is 0.416 e. The lowest BCUT2D eigenvalue weighted by Crippen LogP contribution is -2.45. The predicted octanol–water partition coefficient (Wildman–Crippen LogP) is 3.10. The summed E-state index contributed by atoms with van der Waals surface area (Å²) in [5.74, 6) is -2.08. The van der Waals surface area contributed by atoms with Gasteiger partial charge in [-0.1, -0.05) is 6.07 Å². The summed E-state index contributed by atoms with van der Waals surface area (Å²) >= 11 is 0. The molecule has 1 aromatic carbocycles. The Morgan fingerprint density at radius 2 is 2.06 bits per heavy atom. The van der Waals surface area contributed by atoms with E-state index in [2.05, 4.69) is 4.98 Å². The Morgan fingerprint density at radius 3 is 2.69 bits per heavy atom. The van der Waals surface area contributed by atoms with Gasteiger partial charge in [0.25, 0.3) is 0 Å². The van der Waals surface area contributed by atoms with Crippen LogP contribution in [-0.2, 0) is 16.8 Å². The zero-order valence-electron chi connectivity index (χ0n) is 19.1. The summed E-state index contributed by atoms with van der Waals surface area (Å²) in [6.45, 7) is 1.81. The van der Waals surface area contributed by atoms with Gasteiger partial charge in [-0.15, -0.1) is 0 Å². The highest BCUT2D eigenvalue weighted by Gasteiger charge is 2.35. The normalized spacial score (nSPS) is 17.8. The molecule has 3 heterocycles. The highest BCUT2D eigenvalue weighted by atomic mass is 32.2. The van der Waals surface area contributed by atoms with Crippen molar-refractivity contribution in [2.24, 2.45) is 0 Å². The zero-order chi connectivity index (χ0) is 25.5. The van der Waals surface area contributed by atoms with E-state index in [0.29, 0.717) is 12.1 Å². The maximum atomic E-state index is 15.2. The molecule has 1 atom stereocenters. The number of hydrogen-bond acceptors (Lipinski definition) is 7. The van der Waals surface area contributed by atoms with Crippen LogP contribution in [0.5, 0.6) is 11.5 Å². The molecule has 1 fully saturated rings. The Morgan fingerprint density at radius 1 is 1.34 bits per heavy atom. The topological polar surface area (TPSA) is 121 Å². The number of rotatable bonds is 6. The highest BCUT2D eigenvalue weighted by molar-refractivity contribution is 7.90. The zero-order valence-corrected chi connectivity index (χ0v) is 19.9. The number of carbonyl (C=O) groups excluding carboxylic acids is 2. The van der Waals surface area contributed by atoms with Crippen molar-refractivity contribution >= 4 is 28.1 Å². The van der Waals surface area contributed by atoms with Gasteiger partial charge in [0.15, 0.2) is 17.3 Å². The van der Waals surface area contributed by atoms with Gasteiger partial charge in [0, 0.05) is 40.2 Å². The van der Waals surface area contributed by atoms with Crippen LogP contribution in [-0.4, -0.2) is 66.9 Å². The SMILES string of the molecule is C[C@@H]1c2ncc(OC(=O)N(C)C)cc2OC(=O)N1Cc1ccc(F)c(NS(=O)(=O)N2CCC2)c1F.[HH]. The average Bonchev–Trinajstić information content (AvgIpc) is 2.73. The van der Waals surface area contributed by atoms with E-state index >= 15 is 4.39 Å². The minimum absolute atomic E-state index is 0. The molecule has 2 aliphatic heterocycles. The van der Waals surface area contributed by atoms with Gasteiger partial charge in [-0.3, -0.25) is 14.6 Å². The Labute approximate surface area is 201 Å². The summed E-state index contributed by atoms with van der Waals surface area (Å²) in [4.78, 5) is 31.0. The molecular weight excluding hydrogens is 488 g/mol. The molecule has 0 unspecified atom stereocenters. The number of ether oxygens (including phenoxy) is 2. The molecule has 0 bridgehead atoms. The fraction of sp³-hybridized carbons (Fsp3) is 0.381. The molecule has 0 radical (unpaired) electrons. The van der Waals surface area contributed by atoms with Gasteiger partial charge in [0.2, 0.25) is 0 Å². The van der Waals surface area contributed by atoms with E-state index in [1.165, 1.54) is 31.3 Å². The fourth-order valence-corrected chi connectivity index (χ4v) is 4.77. The summed E-state index contributed by atoms with van der Waals surface area (Å²) < 4.78 is 67.6. The lowest BCUT2D eigenvalue weighted by atomic mass is 10.1. The van der Waals surface area contributed by atoms with E-state index in [9.17, 15) is 22.4 Å². The molecule has 190 valence electrons. The molecule has 14 heteroatoms. The molecule has 11 nitrogen and oxygen atoms in total. The van der Waals surface area contributed by atoms with Crippen molar-refractivity contribution in [3.63, 3.8) is 0 Å². The third kappa shape index (κ3) is 4.84. The quantitative estimate of drug-likeness (QED) is 0.630. The summed E-state index contributed by atoms with van der Waals surface area (Å²) in [6.07, 6.45) is 0.468. The molecule has 2 aliphatic rings. The van der Waals surface area contributed by atoms with E-state index in [0.717, 1.165) is 21.3 Å². The first-order valence-electron chi connectivity index (χ1n) is 10.6. The summed E-state index contributed by atoms with van der Waals surface area (Å²) in [7, 11) is -1.09. The molecule has 35 heavy (non-hydrogen) atoms. The van der Waals surface area contributed by atoms with Crippen molar-refractivity contribution in [2.45, 2.75) is 25.9 Å². The number of aromatic nitrogens is 1. The second kappa shape index (κ2) is 9.26. The minimum Gasteiger partial charge on any atom is -0.408 e. The van der Waals surface area contributed by atoms with Crippen LogP contribution in [0, 0.1) is 11.6 Å². The fourth-order valence-electron chi connectivity index (χ4n) is 3.46. The first-order chi connectivity index (χ1) is 16.5. The molecule has 4 rings (SSSR count). The molecule has 2 aromatic rings. The molecule has 1 saturated heterocycles. The number of benzene rings is 1. The number of hydrogen-bond donors (Lipinski definition) is 1. The van der Waals surface area contributed by atoms with Crippen LogP contribution < -0.4 is 14.2 Å². The Kier molecular flexibility index (Phi) is 6.51. The first kappa shape index (κ1) is 24.6. The molecule has 1 N–H and O–H groups in total. The molecule has 0 spiro atoms. The summed E-state index contributed by atoms with van der Waals surface area (Å²) in [5, 5.41) is 0. The van der Waals surface area contributed by atoms with Gasteiger partial charge in [-0.25, -0.2) is 18.4 Å². The molecule has 0 saturated carbocycles. The van der Waals surface area contributed by atoms with E-state index in [1.54, 1.807) is 6.92 Å². The van der Waals surface area contributed by atoms with E-state index in [-0.39, 0.29) is 38.1 Å². The third-order valence-electron chi connectivity index (χ3n) is 5.62. The predicted molar refractivity (Wildman–Crippen MR) is 121 cm³/mol. The second-order valence-electron chi connectivity index (χ2n) is 8.24. The third-order valence-corrected chi connectivity index (χ3v) is 7.13. The first-order valence-corrected chi connectivity index (χ1v) is 12.0. The van der Waals surface area contributed by atoms with Crippen molar-refractivity contribution in [1.82, 2.24) is 19.1 Å². The Bertz CT molecular complexity index is 1290. The number of nitrogens with zero attached hydrogens (tertiary/aromatic N) is 4. The molecule has 0 aliphatic carbocycles. The van der Waals surface area contributed by atoms with Gasteiger partial charge in [0.05, 0.1) is 18.8 Å². The second-order valence-corrected chi connectivity index (χ2v) is 9.91. The highest BCUT2D eigenvalue weighted by Crippen LogP contribution is 2.37. The number of fused-ring (bicyclic) bond motifs is 1. The average molecular weight is 514 g/mol. The van der Waals surface area contributed by atoms with Crippen LogP contribution in [0.2, 0.25) is 0 Å². The number of amides is 2. The number of halogens is 2. The van der Waals surface area contributed by atoms with Crippen molar-refractivity contribution in [3.8, 4) is 11.5 Å². The van der Waals surface area contributed by atoms with Crippen molar-refractivity contribution in [3.05, 3.63) is 47.3 Å². The molecule has 1 aromatic heterocycles. The van der Waals surface area contributed by atoms with Crippen molar-refractivity contribution < 1.29 is 37.7 Å². The standard InChI is InChI=1S/C21H23F2N5O6S.H2/c1-12-18-16(9-14(10-24-18)33-20(29)26(2)3)34-21(30)28(12)11-13-5-6-15(22)19(17(13)23)25-35(31,32)27-7-4-8-27;/h5-6,9-10,12,25H,4,7-8,11H2,1-3H3;1H/t12-;/m1./s1. The van der Waals surface area contributed by atoms with E-state index < -0.39 is 45.8 Å². The molecular formula is C21H25F2N5O6S. The number of nitrogens with one attached hydrogen (secondary N) is 1. The van der Waals surface area contributed by atoms with Gasteiger partial charge < -0.3 is 14.4 Å². The van der Waals surface area contributed by atoms with Gasteiger partial charge in [-0.05, 0) is 19.4 Å². The largest absolute Gasteiger partial charge is 0.416 e. The Balaban J connectivity index is 0.00000361. The maximum absolute atomic E-state index is 15.2. The van der Waals surface area contributed by atoms with Crippen LogP contribution >= 0.6 is 0 Å². The molecule has 2 amide bonds. The lowest BCUT2D eigenvalue weighted by molar-refractivity contribution is 0.114.